The monoisotopic (exact) mass is 198 g/mol. The first-order valence-corrected chi connectivity index (χ1v) is 3.02. The Kier molecular flexibility index (Phi) is 2.75. The lowest BCUT2D eigenvalue weighted by atomic mass is 10.5. The Morgan fingerprint density at radius 3 is 1.79 bits per heavy atom. The SMILES string of the molecule is [N-]=[N+]=Nc1nc(F)nc(N=[N+]=[N-])c1F. The van der Waals surface area contributed by atoms with Crippen molar-refractivity contribution in [1.29, 1.82) is 0 Å². The smallest absolute Gasteiger partial charge is 0.203 e. The Morgan fingerprint density at radius 2 is 1.43 bits per heavy atom. The Hall–Kier alpha value is -2.44. The van der Waals surface area contributed by atoms with E-state index in [0.717, 1.165) is 0 Å². The van der Waals surface area contributed by atoms with Crippen molar-refractivity contribution >= 4 is 11.6 Å². The number of azide groups is 2. The first kappa shape index (κ1) is 9.65. The lowest BCUT2D eigenvalue weighted by Crippen LogP contribution is -1.92. The van der Waals surface area contributed by atoms with Crippen LogP contribution in [-0.2, 0) is 0 Å². The van der Waals surface area contributed by atoms with E-state index in [2.05, 4.69) is 30.0 Å². The Balaban J connectivity index is 3.45. The lowest BCUT2D eigenvalue weighted by molar-refractivity contribution is 0.520. The highest BCUT2D eigenvalue weighted by atomic mass is 19.1. The molecule has 0 radical (unpaired) electrons. The predicted molar refractivity (Wildman–Crippen MR) is 39.6 cm³/mol. The average molecular weight is 198 g/mol. The Labute approximate surface area is 74.5 Å². The summed E-state index contributed by atoms with van der Waals surface area (Å²) in [5.41, 5.74) is 15.9. The largest absolute Gasteiger partial charge is 0.309 e. The minimum atomic E-state index is -1.35. The molecule has 0 saturated carbocycles. The fourth-order valence-corrected chi connectivity index (χ4v) is 0.615. The van der Waals surface area contributed by atoms with Crippen LogP contribution in [0.25, 0.3) is 20.9 Å². The molecule has 0 amide bonds. The highest BCUT2D eigenvalue weighted by molar-refractivity contribution is 5.41. The van der Waals surface area contributed by atoms with Crippen molar-refractivity contribution in [2.75, 3.05) is 0 Å². The van der Waals surface area contributed by atoms with Crippen molar-refractivity contribution in [2.24, 2.45) is 10.2 Å². The molecule has 0 N–H and O–H groups in total. The van der Waals surface area contributed by atoms with Crippen molar-refractivity contribution in [1.82, 2.24) is 9.97 Å². The van der Waals surface area contributed by atoms with E-state index in [0.29, 0.717) is 0 Å². The molecule has 1 rings (SSSR count). The summed E-state index contributed by atoms with van der Waals surface area (Å²) in [6, 6.07) is 0. The van der Waals surface area contributed by atoms with E-state index < -0.39 is 23.5 Å². The van der Waals surface area contributed by atoms with Gasteiger partial charge in [0, 0.05) is 9.82 Å². The second kappa shape index (κ2) is 3.99. The van der Waals surface area contributed by atoms with Crippen LogP contribution < -0.4 is 0 Å². The summed E-state index contributed by atoms with van der Waals surface area (Å²) in [7, 11) is 0. The van der Waals surface area contributed by atoms with Gasteiger partial charge in [-0.2, -0.15) is 14.4 Å². The number of halogens is 2. The van der Waals surface area contributed by atoms with E-state index in [1.54, 1.807) is 0 Å². The van der Waals surface area contributed by atoms with Crippen LogP contribution >= 0.6 is 0 Å². The predicted octanol–water partition coefficient (Wildman–Crippen LogP) is 2.64. The first-order chi connectivity index (χ1) is 6.69. The van der Waals surface area contributed by atoms with Gasteiger partial charge >= 0.3 is 6.08 Å². The van der Waals surface area contributed by atoms with Gasteiger partial charge in [-0.3, -0.25) is 0 Å². The van der Waals surface area contributed by atoms with Crippen molar-refractivity contribution in [3.8, 4) is 0 Å². The molecule has 1 heterocycles. The molecule has 1 aromatic rings. The topological polar surface area (TPSA) is 123 Å². The van der Waals surface area contributed by atoms with E-state index >= 15 is 0 Å². The molecule has 8 nitrogen and oxygen atoms in total. The normalized spacial score (nSPS) is 8.71. The van der Waals surface area contributed by atoms with Crippen molar-refractivity contribution in [3.63, 3.8) is 0 Å². The van der Waals surface area contributed by atoms with Gasteiger partial charge in [-0.05, 0) is 21.3 Å². The molecule has 0 unspecified atom stereocenters. The molecule has 0 bridgehead atoms. The molecule has 10 heteroatoms. The van der Waals surface area contributed by atoms with E-state index in [1.807, 2.05) is 0 Å². The zero-order chi connectivity index (χ0) is 10.6. The van der Waals surface area contributed by atoms with Gasteiger partial charge in [-0.25, -0.2) is 4.39 Å². The molecule has 70 valence electrons. The molecular weight excluding hydrogens is 198 g/mol. The molecule has 0 fully saturated rings. The summed E-state index contributed by atoms with van der Waals surface area (Å²) in [6.07, 6.45) is -1.35. The van der Waals surface area contributed by atoms with E-state index in [-0.39, 0.29) is 0 Å². The molecule has 0 aliphatic heterocycles. The van der Waals surface area contributed by atoms with Gasteiger partial charge in [0.2, 0.25) is 0 Å². The lowest BCUT2D eigenvalue weighted by Gasteiger charge is -1.96. The Morgan fingerprint density at radius 1 is 1.00 bits per heavy atom. The average Bonchev–Trinajstić information content (AvgIpc) is 2.14. The van der Waals surface area contributed by atoms with Gasteiger partial charge in [-0.1, -0.05) is 0 Å². The highest BCUT2D eigenvalue weighted by Gasteiger charge is 2.11. The second-order valence-electron chi connectivity index (χ2n) is 1.83. The third-order valence-electron chi connectivity index (χ3n) is 1.07. The summed E-state index contributed by atoms with van der Waals surface area (Å²) < 4.78 is 25.5. The summed E-state index contributed by atoms with van der Waals surface area (Å²) in [5.74, 6) is -2.99. The number of aromatic nitrogens is 2. The maximum absolute atomic E-state index is 13.0. The maximum Gasteiger partial charge on any atom is 0.309 e. The third-order valence-corrected chi connectivity index (χ3v) is 1.07. The standard InChI is InChI=1S/C4F2N8/c5-1-2(11-13-7)9-4(6)10-3(1)12-14-8. The van der Waals surface area contributed by atoms with Gasteiger partial charge in [0.1, 0.15) is 0 Å². The van der Waals surface area contributed by atoms with Gasteiger partial charge in [0.05, 0.1) is 0 Å². The summed E-state index contributed by atoms with van der Waals surface area (Å²) >= 11 is 0. The van der Waals surface area contributed by atoms with Crippen LogP contribution in [0.5, 0.6) is 0 Å². The molecule has 1 aromatic heterocycles. The van der Waals surface area contributed by atoms with Crippen LogP contribution in [0, 0.1) is 11.9 Å². The third kappa shape index (κ3) is 1.83. The van der Waals surface area contributed by atoms with Crippen LogP contribution in [0.3, 0.4) is 0 Å². The number of nitrogens with zero attached hydrogens (tertiary/aromatic N) is 8. The van der Waals surface area contributed by atoms with Gasteiger partial charge < -0.3 is 0 Å². The van der Waals surface area contributed by atoms with Gasteiger partial charge in [0.15, 0.2) is 17.5 Å². The minimum Gasteiger partial charge on any atom is -0.203 e. The van der Waals surface area contributed by atoms with Crippen LogP contribution in [-0.4, -0.2) is 9.97 Å². The highest BCUT2D eigenvalue weighted by Crippen LogP contribution is 2.23. The van der Waals surface area contributed by atoms with Crippen molar-refractivity contribution in [3.05, 3.63) is 32.8 Å². The number of hydrogen-bond donors (Lipinski definition) is 0. The van der Waals surface area contributed by atoms with Gasteiger partial charge in [0.25, 0.3) is 0 Å². The second-order valence-corrected chi connectivity index (χ2v) is 1.83. The fourth-order valence-electron chi connectivity index (χ4n) is 0.615. The number of hydrogen-bond acceptors (Lipinski definition) is 4. The van der Waals surface area contributed by atoms with E-state index in [9.17, 15) is 8.78 Å². The molecule has 0 aromatic carbocycles. The maximum atomic E-state index is 13.0. The molecule has 14 heavy (non-hydrogen) atoms. The number of rotatable bonds is 2. The quantitative estimate of drug-likeness (QED) is 0.313. The van der Waals surface area contributed by atoms with Crippen LogP contribution in [0.1, 0.15) is 0 Å². The van der Waals surface area contributed by atoms with Crippen LogP contribution in [0.4, 0.5) is 20.4 Å². The first-order valence-electron chi connectivity index (χ1n) is 3.02. The van der Waals surface area contributed by atoms with Crippen molar-refractivity contribution < 1.29 is 8.78 Å². The summed E-state index contributed by atoms with van der Waals surface area (Å²) in [4.78, 5) is 10.1. The van der Waals surface area contributed by atoms with Crippen LogP contribution in [0.15, 0.2) is 10.2 Å². The summed E-state index contributed by atoms with van der Waals surface area (Å²) in [6.45, 7) is 0. The molecule has 0 aliphatic carbocycles. The molecule has 0 spiro atoms. The van der Waals surface area contributed by atoms with E-state index in [1.165, 1.54) is 0 Å². The Bertz CT molecular complexity index is 417. The molecular formula is C4F2N8. The molecule has 0 saturated heterocycles. The van der Waals surface area contributed by atoms with Gasteiger partial charge in [-0.15, -0.1) is 0 Å². The molecule has 0 atom stereocenters. The molecule has 0 aliphatic rings. The van der Waals surface area contributed by atoms with E-state index in [4.69, 9.17) is 11.1 Å². The van der Waals surface area contributed by atoms with Crippen LogP contribution in [0.2, 0.25) is 0 Å². The zero-order valence-electron chi connectivity index (χ0n) is 6.33. The summed E-state index contributed by atoms with van der Waals surface area (Å²) in [5, 5.41) is 5.48. The fraction of sp³-hybridized carbons (Fsp3) is 0. The zero-order valence-corrected chi connectivity index (χ0v) is 6.33. The minimum absolute atomic E-state index is 0.859. The van der Waals surface area contributed by atoms with Crippen molar-refractivity contribution in [2.45, 2.75) is 0 Å².